The minimum Gasteiger partial charge on any atom is -0.363 e. The van der Waals surface area contributed by atoms with Gasteiger partial charge in [-0.2, -0.15) is 5.10 Å². The van der Waals surface area contributed by atoms with E-state index in [2.05, 4.69) is 15.4 Å². The minimum absolute atomic E-state index is 0.200. The Kier molecular flexibility index (Phi) is 4.56. The highest BCUT2D eigenvalue weighted by atomic mass is 16.1. The monoisotopic (exact) mass is 321 g/mol. The van der Waals surface area contributed by atoms with Gasteiger partial charge in [0.05, 0.1) is 30.2 Å². The summed E-state index contributed by atoms with van der Waals surface area (Å²) in [6.07, 6.45) is 4.95. The predicted molar refractivity (Wildman–Crippen MR) is 94.3 cm³/mol. The van der Waals surface area contributed by atoms with E-state index < -0.39 is 0 Å². The molecule has 0 aliphatic rings. The molecule has 1 aromatic carbocycles. The molecule has 0 saturated carbocycles. The molecule has 6 nitrogen and oxygen atoms in total. The van der Waals surface area contributed by atoms with Crippen LogP contribution in [0.25, 0.3) is 0 Å². The molecule has 0 aliphatic heterocycles. The Bertz CT molecular complexity index is 809. The number of pyridine rings is 1. The van der Waals surface area contributed by atoms with Gasteiger partial charge in [-0.15, -0.1) is 0 Å². The van der Waals surface area contributed by atoms with Gasteiger partial charge in [0, 0.05) is 20.3 Å². The number of carbonyl (C=O) groups is 1. The number of nitrogens with one attached hydrogen (secondary N) is 1. The van der Waals surface area contributed by atoms with Gasteiger partial charge in [0.1, 0.15) is 5.82 Å². The number of aromatic nitrogens is 3. The van der Waals surface area contributed by atoms with E-state index in [4.69, 9.17) is 0 Å². The molecule has 1 N–H and O–H groups in total. The van der Waals surface area contributed by atoms with Crippen molar-refractivity contribution in [1.29, 1.82) is 0 Å². The first kappa shape index (κ1) is 15.7. The number of nitrogens with zero attached hydrogens (tertiary/aromatic N) is 4. The molecule has 0 bridgehead atoms. The highest BCUT2D eigenvalue weighted by Gasteiger charge is 2.10. The molecule has 122 valence electrons. The Morgan fingerprint density at radius 3 is 2.58 bits per heavy atom. The van der Waals surface area contributed by atoms with Gasteiger partial charge >= 0.3 is 0 Å². The van der Waals surface area contributed by atoms with Crippen molar-refractivity contribution in [3.63, 3.8) is 0 Å². The van der Waals surface area contributed by atoms with Gasteiger partial charge < -0.3 is 10.2 Å². The van der Waals surface area contributed by atoms with Gasteiger partial charge in [0.25, 0.3) is 5.91 Å². The van der Waals surface area contributed by atoms with Crippen molar-refractivity contribution in [3.05, 3.63) is 72.2 Å². The molecule has 3 aromatic rings. The van der Waals surface area contributed by atoms with E-state index in [1.807, 2.05) is 61.5 Å². The van der Waals surface area contributed by atoms with Gasteiger partial charge in [-0.05, 0) is 17.7 Å². The lowest BCUT2D eigenvalue weighted by atomic mass is 10.2. The average molecular weight is 321 g/mol. The first-order chi connectivity index (χ1) is 11.6. The number of hydrogen-bond acceptors (Lipinski definition) is 4. The maximum Gasteiger partial charge on any atom is 0.258 e. The summed E-state index contributed by atoms with van der Waals surface area (Å²) in [4.78, 5) is 18.5. The van der Waals surface area contributed by atoms with Crippen molar-refractivity contribution in [1.82, 2.24) is 14.8 Å². The average Bonchev–Trinajstić information content (AvgIpc) is 3.05. The zero-order chi connectivity index (χ0) is 16.9. The van der Waals surface area contributed by atoms with Gasteiger partial charge in [-0.3, -0.25) is 9.48 Å². The van der Waals surface area contributed by atoms with E-state index in [-0.39, 0.29) is 5.91 Å². The molecule has 0 saturated heterocycles. The second kappa shape index (κ2) is 6.95. The standard InChI is InChI=1S/C18H19N5O/c1-22(2)17-9-8-16(11-19-17)21-18(24)15-10-20-23(13-15)12-14-6-4-3-5-7-14/h3-11,13H,12H2,1-2H3,(H,21,24). The van der Waals surface area contributed by atoms with Crippen LogP contribution in [0.3, 0.4) is 0 Å². The number of carbonyl (C=O) groups excluding carboxylic acids is 1. The number of hydrogen-bond donors (Lipinski definition) is 1. The number of anilines is 2. The van der Waals surface area contributed by atoms with Crippen molar-refractivity contribution in [2.24, 2.45) is 0 Å². The fourth-order valence-corrected chi connectivity index (χ4v) is 2.27. The first-order valence-corrected chi connectivity index (χ1v) is 7.63. The Morgan fingerprint density at radius 2 is 1.92 bits per heavy atom. The van der Waals surface area contributed by atoms with Crippen molar-refractivity contribution in [3.8, 4) is 0 Å². The lowest BCUT2D eigenvalue weighted by Crippen LogP contribution is -2.13. The van der Waals surface area contributed by atoms with Crippen LogP contribution in [-0.4, -0.2) is 34.8 Å². The van der Waals surface area contributed by atoms with E-state index >= 15 is 0 Å². The van der Waals surface area contributed by atoms with E-state index in [9.17, 15) is 4.79 Å². The zero-order valence-electron chi connectivity index (χ0n) is 13.7. The summed E-state index contributed by atoms with van der Waals surface area (Å²) in [7, 11) is 3.84. The summed E-state index contributed by atoms with van der Waals surface area (Å²) < 4.78 is 1.75. The molecule has 24 heavy (non-hydrogen) atoms. The van der Waals surface area contributed by atoms with Crippen molar-refractivity contribution < 1.29 is 4.79 Å². The van der Waals surface area contributed by atoms with E-state index in [1.54, 1.807) is 23.3 Å². The molecular formula is C18H19N5O. The number of rotatable bonds is 5. The molecule has 0 atom stereocenters. The van der Waals surface area contributed by atoms with Crippen molar-refractivity contribution >= 4 is 17.4 Å². The van der Waals surface area contributed by atoms with Crippen LogP contribution in [0.5, 0.6) is 0 Å². The summed E-state index contributed by atoms with van der Waals surface area (Å²) >= 11 is 0. The lowest BCUT2D eigenvalue weighted by molar-refractivity contribution is 0.102. The van der Waals surface area contributed by atoms with E-state index in [0.717, 1.165) is 11.4 Å². The largest absolute Gasteiger partial charge is 0.363 e. The van der Waals surface area contributed by atoms with Gasteiger partial charge in [0.2, 0.25) is 0 Å². The molecular weight excluding hydrogens is 302 g/mol. The minimum atomic E-state index is -0.200. The first-order valence-electron chi connectivity index (χ1n) is 7.63. The van der Waals surface area contributed by atoms with Crippen LogP contribution < -0.4 is 10.2 Å². The van der Waals surface area contributed by atoms with Crippen LogP contribution in [0.15, 0.2) is 61.1 Å². The van der Waals surface area contributed by atoms with Crippen LogP contribution >= 0.6 is 0 Å². The SMILES string of the molecule is CN(C)c1ccc(NC(=O)c2cnn(Cc3ccccc3)c2)cn1. The Morgan fingerprint density at radius 1 is 1.12 bits per heavy atom. The smallest absolute Gasteiger partial charge is 0.258 e. The summed E-state index contributed by atoms with van der Waals surface area (Å²) in [6.45, 7) is 0.632. The Labute approximate surface area is 140 Å². The summed E-state index contributed by atoms with van der Waals surface area (Å²) in [5, 5.41) is 7.07. The highest BCUT2D eigenvalue weighted by molar-refractivity contribution is 6.03. The zero-order valence-corrected chi connectivity index (χ0v) is 13.7. The van der Waals surface area contributed by atoms with Gasteiger partial charge in [-0.1, -0.05) is 30.3 Å². The fraction of sp³-hybridized carbons (Fsp3) is 0.167. The summed E-state index contributed by atoms with van der Waals surface area (Å²) in [6, 6.07) is 13.7. The maximum atomic E-state index is 12.3. The van der Waals surface area contributed by atoms with Crippen LogP contribution in [0, 0.1) is 0 Å². The molecule has 0 spiro atoms. The quantitative estimate of drug-likeness (QED) is 0.785. The third-order valence-electron chi connectivity index (χ3n) is 3.55. The van der Waals surface area contributed by atoms with E-state index in [0.29, 0.717) is 17.8 Å². The second-order valence-corrected chi connectivity index (χ2v) is 5.67. The molecule has 1 amide bonds. The third kappa shape index (κ3) is 3.78. The maximum absolute atomic E-state index is 12.3. The molecule has 0 unspecified atom stereocenters. The molecule has 0 radical (unpaired) electrons. The molecule has 2 heterocycles. The lowest BCUT2D eigenvalue weighted by Gasteiger charge is -2.11. The predicted octanol–water partition coefficient (Wildman–Crippen LogP) is 2.64. The highest BCUT2D eigenvalue weighted by Crippen LogP contribution is 2.13. The molecule has 0 aliphatic carbocycles. The molecule has 2 aromatic heterocycles. The van der Waals surface area contributed by atoms with E-state index in [1.165, 1.54) is 0 Å². The number of amides is 1. The molecule has 0 fully saturated rings. The van der Waals surface area contributed by atoms with Gasteiger partial charge in [-0.25, -0.2) is 4.98 Å². The fourth-order valence-electron chi connectivity index (χ4n) is 2.27. The Hall–Kier alpha value is -3.15. The van der Waals surface area contributed by atoms with Crippen molar-refractivity contribution in [2.45, 2.75) is 6.54 Å². The normalized spacial score (nSPS) is 10.4. The van der Waals surface area contributed by atoms with Crippen LogP contribution in [0.1, 0.15) is 15.9 Å². The number of benzene rings is 1. The topological polar surface area (TPSA) is 63.1 Å². The summed E-state index contributed by atoms with van der Waals surface area (Å²) in [5.41, 5.74) is 2.31. The van der Waals surface area contributed by atoms with Crippen molar-refractivity contribution in [2.75, 3.05) is 24.3 Å². The summed E-state index contributed by atoms with van der Waals surface area (Å²) in [5.74, 6) is 0.636. The third-order valence-corrected chi connectivity index (χ3v) is 3.55. The van der Waals surface area contributed by atoms with Gasteiger partial charge in [0.15, 0.2) is 0 Å². The molecule has 3 rings (SSSR count). The van der Waals surface area contributed by atoms with Crippen LogP contribution in [0.4, 0.5) is 11.5 Å². The van der Waals surface area contributed by atoms with Crippen LogP contribution in [-0.2, 0) is 6.54 Å². The molecule has 6 heteroatoms. The second-order valence-electron chi connectivity index (χ2n) is 5.67. The van der Waals surface area contributed by atoms with Crippen LogP contribution in [0.2, 0.25) is 0 Å². The Balaban J connectivity index is 1.65.